The molecule has 1 heterocycles. The Balaban J connectivity index is 0.00000180. The zero-order valence-electron chi connectivity index (χ0n) is 11.8. The predicted octanol–water partition coefficient (Wildman–Crippen LogP) is 1.86. The Labute approximate surface area is 122 Å². The molecule has 2 fully saturated rings. The van der Waals surface area contributed by atoms with Crippen LogP contribution in [-0.2, 0) is 9.53 Å². The Morgan fingerprint density at radius 1 is 1.26 bits per heavy atom. The molecule has 1 saturated carbocycles. The molecule has 1 aliphatic carbocycles. The maximum Gasteiger partial charge on any atom is 0.237 e. The van der Waals surface area contributed by atoms with Crippen molar-refractivity contribution in [1.29, 1.82) is 0 Å². The molecule has 3 unspecified atom stereocenters. The number of hydrogen-bond donors (Lipinski definition) is 2. The van der Waals surface area contributed by atoms with Crippen molar-refractivity contribution in [1.82, 2.24) is 5.32 Å². The number of halogens is 1. The van der Waals surface area contributed by atoms with Crippen molar-refractivity contribution in [3.63, 3.8) is 0 Å². The van der Waals surface area contributed by atoms with Crippen LogP contribution in [0.4, 0.5) is 0 Å². The van der Waals surface area contributed by atoms with Crippen LogP contribution >= 0.6 is 12.4 Å². The number of hydrogen-bond acceptors (Lipinski definition) is 3. The summed E-state index contributed by atoms with van der Waals surface area (Å²) in [4.78, 5) is 12.1. The van der Waals surface area contributed by atoms with E-state index in [1.54, 1.807) is 0 Å². The maximum absolute atomic E-state index is 12.1. The van der Waals surface area contributed by atoms with Gasteiger partial charge in [0.15, 0.2) is 0 Å². The zero-order chi connectivity index (χ0) is 13.0. The first kappa shape index (κ1) is 16.7. The molecule has 0 aromatic heterocycles. The van der Waals surface area contributed by atoms with Crippen molar-refractivity contribution >= 4 is 18.3 Å². The molecule has 3 atom stereocenters. The van der Waals surface area contributed by atoms with Gasteiger partial charge < -0.3 is 15.8 Å². The van der Waals surface area contributed by atoms with Gasteiger partial charge in [0.05, 0.1) is 6.04 Å². The minimum atomic E-state index is -0.355. The second-order valence-electron chi connectivity index (χ2n) is 5.95. The maximum atomic E-state index is 12.1. The van der Waals surface area contributed by atoms with Crippen LogP contribution in [0.25, 0.3) is 0 Å². The number of nitrogens with two attached hydrogens (primary N) is 1. The molecule has 0 aromatic carbocycles. The fraction of sp³-hybridized carbons (Fsp3) is 0.929. The van der Waals surface area contributed by atoms with Gasteiger partial charge in [-0.3, -0.25) is 4.79 Å². The molecule has 19 heavy (non-hydrogen) atoms. The molecular formula is C14H27ClN2O2. The van der Waals surface area contributed by atoms with Crippen LogP contribution in [-0.4, -0.2) is 31.2 Å². The van der Waals surface area contributed by atoms with Crippen LogP contribution in [0.3, 0.4) is 0 Å². The van der Waals surface area contributed by atoms with E-state index in [-0.39, 0.29) is 24.4 Å². The minimum Gasteiger partial charge on any atom is -0.381 e. The van der Waals surface area contributed by atoms with Crippen molar-refractivity contribution in [2.75, 3.05) is 13.2 Å². The quantitative estimate of drug-likeness (QED) is 0.834. The highest BCUT2D eigenvalue weighted by atomic mass is 35.5. The van der Waals surface area contributed by atoms with Gasteiger partial charge in [-0.25, -0.2) is 0 Å². The summed E-state index contributed by atoms with van der Waals surface area (Å²) in [7, 11) is 0. The lowest BCUT2D eigenvalue weighted by molar-refractivity contribution is -0.125. The van der Waals surface area contributed by atoms with Crippen LogP contribution in [0.2, 0.25) is 0 Å². The molecule has 5 heteroatoms. The van der Waals surface area contributed by atoms with E-state index in [2.05, 4.69) is 12.2 Å². The molecule has 0 bridgehead atoms. The SMILES string of the molecule is CC1CCCC(NC(=O)C(N)C2CCOCC2)C1.Cl. The second kappa shape index (κ2) is 8.08. The van der Waals surface area contributed by atoms with Gasteiger partial charge in [0.2, 0.25) is 5.91 Å². The van der Waals surface area contributed by atoms with Gasteiger partial charge in [0.1, 0.15) is 0 Å². The van der Waals surface area contributed by atoms with E-state index in [9.17, 15) is 4.79 Å². The van der Waals surface area contributed by atoms with E-state index in [4.69, 9.17) is 10.5 Å². The Bertz CT molecular complexity index is 283. The molecule has 112 valence electrons. The molecule has 2 rings (SSSR count). The second-order valence-corrected chi connectivity index (χ2v) is 5.95. The summed E-state index contributed by atoms with van der Waals surface area (Å²) in [5.74, 6) is 1.06. The topological polar surface area (TPSA) is 64.4 Å². The van der Waals surface area contributed by atoms with Gasteiger partial charge in [-0.05, 0) is 37.5 Å². The molecule has 3 N–H and O–H groups in total. The van der Waals surface area contributed by atoms with Crippen LogP contribution in [0.15, 0.2) is 0 Å². The molecular weight excluding hydrogens is 264 g/mol. The molecule has 1 saturated heterocycles. The molecule has 0 radical (unpaired) electrons. The Morgan fingerprint density at radius 2 is 1.95 bits per heavy atom. The number of ether oxygens (including phenoxy) is 1. The normalized spacial score (nSPS) is 30.2. The first-order valence-electron chi connectivity index (χ1n) is 7.30. The lowest BCUT2D eigenvalue weighted by Gasteiger charge is -2.31. The van der Waals surface area contributed by atoms with E-state index in [1.165, 1.54) is 12.8 Å². The van der Waals surface area contributed by atoms with Crippen LogP contribution < -0.4 is 11.1 Å². The van der Waals surface area contributed by atoms with Gasteiger partial charge in [-0.15, -0.1) is 12.4 Å². The molecule has 0 aromatic rings. The highest BCUT2D eigenvalue weighted by Crippen LogP contribution is 2.24. The van der Waals surface area contributed by atoms with Crippen molar-refractivity contribution < 1.29 is 9.53 Å². The first-order chi connectivity index (χ1) is 8.66. The van der Waals surface area contributed by atoms with Crippen LogP contribution in [0, 0.1) is 11.8 Å². The number of carbonyl (C=O) groups is 1. The van der Waals surface area contributed by atoms with Crippen molar-refractivity contribution in [2.45, 2.75) is 57.5 Å². The average Bonchev–Trinajstić information content (AvgIpc) is 2.39. The van der Waals surface area contributed by atoms with E-state index >= 15 is 0 Å². The Morgan fingerprint density at radius 3 is 2.58 bits per heavy atom. The van der Waals surface area contributed by atoms with Crippen LogP contribution in [0.5, 0.6) is 0 Å². The zero-order valence-corrected chi connectivity index (χ0v) is 12.6. The average molecular weight is 291 g/mol. The predicted molar refractivity (Wildman–Crippen MR) is 78.3 cm³/mol. The smallest absolute Gasteiger partial charge is 0.237 e. The standard InChI is InChI=1S/C14H26N2O2.ClH/c1-10-3-2-4-12(9-10)16-14(17)13(15)11-5-7-18-8-6-11;/h10-13H,2-9,15H2,1H3,(H,16,17);1H. The first-order valence-corrected chi connectivity index (χ1v) is 7.30. The third-order valence-electron chi connectivity index (χ3n) is 4.36. The lowest BCUT2D eigenvalue weighted by Crippen LogP contribution is -2.50. The molecule has 2 aliphatic rings. The van der Waals surface area contributed by atoms with E-state index in [1.807, 2.05) is 0 Å². The summed E-state index contributed by atoms with van der Waals surface area (Å²) in [5, 5.41) is 3.14. The highest BCUT2D eigenvalue weighted by Gasteiger charge is 2.28. The van der Waals surface area contributed by atoms with E-state index in [0.717, 1.165) is 44.8 Å². The number of nitrogens with one attached hydrogen (secondary N) is 1. The molecule has 1 amide bonds. The van der Waals surface area contributed by atoms with Crippen molar-refractivity contribution in [3.05, 3.63) is 0 Å². The largest absolute Gasteiger partial charge is 0.381 e. The van der Waals surface area contributed by atoms with E-state index < -0.39 is 0 Å². The van der Waals surface area contributed by atoms with Gasteiger partial charge >= 0.3 is 0 Å². The lowest BCUT2D eigenvalue weighted by atomic mass is 9.86. The summed E-state index contributed by atoms with van der Waals surface area (Å²) in [5.41, 5.74) is 6.08. The highest BCUT2D eigenvalue weighted by molar-refractivity contribution is 5.85. The Kier molecular flexibility index (Phi) is 7.11. The Hall–Kier alpha value is -0.320. The summed E-state index contributed by atoms with van der Waals surface area (Å²) < 4.78 is 5.31. The van der Waals surface area contributed by atoms with Crippen LogP contribution in [0.1, 0.15) is 45.4 Å². The fourth-order valence-electron chi connectivity index (χ4n) is 3.15. The number of carbonyl (C=O) groups excluding carboxylic acids is 1. The third-order valence-corrected chi connectivity index (χ3v) is 4.36. The summed E-state index contributed by atoms with van der Waals surface area (Å²) in [6.45, 7) is 3.74. The number of rotatable bonds is 3. The number of amides is 1. The van der Waals surface area contributed by atoms with Crippen molar-refractivity contribution in [3.8, 4) is 0 Å². The van der Waals surface area contributed by atoms with Gasteiger partial charge in [-0.2, -0.15) is 0 Å². The van der Waals surface area contributed by atoms with Crippen molar-refractivity contribution in [2.24, 2.45) is 17.6 Å². The molecule has 0 spiro atoms. The van der Waals surface area contributed by atoms with Gasteiger partial charge in [-0.1, -0.05) is 19.8 Å². The van der Waals surface area contributed by atoms with Gasteiger partial charge in [0, 0.05) is 19.3 Å². The van der Waals surface area contributed by atoms with Gasteiger partial charge in [0.25, 0.3) is 0 Å². The summed E-state index contributed by atoms with van der Waals surface area (Å²) in [6.07, 6.45) is 6.55. The summed E-state index contributed by atoms with van der Waals surface area (Å²) in [6, 6.07) is -0.0155. The fourth-order valence-corrected chi connectivity index (χ4v) is 3.15. The monoisotopic (exact) mass is 290 g/mol. The summed E-state index contributed by atoms with van der Waals surface area (Å²) >= 11 is 0. The molecule has 1 aliphatic heterocycles. The molecule has 4 nitrogen and oxygen atoms in total. The minimum absolute atomic E-state index is 0. The van der Waals surface area contributed by atoms with E-state index in [0.29, 0.717) is 12.0 Å². The third kappa shape index (κ3) is 4.93.